The Morgan fingerprint density at radius 2 is 1.81 bits per heavy atom. The monoisotopic (exact) mass is 333 g/mol. The van der Waals surface area contributed by atoms with E-state index in [4.69, 9.17) is 11.6 Å². The van der Waals surface area contributed by atoms with Crippen molar-refractivity contribution in [1.82, 2.24) is 14.1 Å². The first-order chi connectivity index (χ1) is 9.69. The number of sulfonamides is 1. The van der Waals surface area contributed by atoms with Gasteiger partial charge in [0.15, 0.2) is 0 Å². The molecule has 0 unspecified atom stereocenters. The molecule has 1 aromatic heterocycles. The average Bonchev–Trinajstić information content (AvgIpc) is 2.65. The van der Waals surface area contributed by atoms with Crippen LogP contribution in [-0.2, 0) is 16.6 Å². The number of nitrogens with zero attached hydrogens (tertiary/aromatic N) is 3. The third kappa shape index (κ3) is 3.27. The van der Waals surface area contributed by atoms with E-state index in [0.29, 0.717) is 41.8 Å². The van der Waals surface area contributed by atoms with Crippen molar-refractivity contribution in [3.8, 4) is 0 Å². The largest absolute Gasteiger partial charge is 0.267 e. The first kappa shape index (κ1) is 16.8. The summed E-state index contributed by atoms with van der Waals surface area (Å²) in [5, 5.41) is 4.32. The van der Waals surface area contributed by atoms with Crippen molar-refractivity contribution in [2.45, 2.75) is 52.0 Å². The fourth-order valence-corrected chi connectivity index (χ4v) is 4.79. The molecule has 0 aromatic carbocycles. The van der Waals surface area contributed by atoms with Crippen LogP contribution in [0.3, 0.4) is 0 Å². The molecule has 0 spiro atoms. The topological polar surface area (TPSA) is 55.2 Å². The molecule has 0 bridgehead atoms. The number of hydrogen-bond donors (Lipinski definition) is 0. The normalized spacial score (nSPS) is 19.9. The summed E-state index contributed by atoms with van der Waals surface area (Å²) >= 11 is 5.74. The molecule has 1 aliphatic rings. The summed E-state index contributed by atoms with van der Waals surface area (Å²) in [6, 6.07) is 0. The predicted octanol–water partition coefficient (Wildman–Crippen LogP) is 2.55. The van der Waals surface area contributed by atoms with Crippen LogP contribution in [0.15, 0.2) is 4.90 Å². The Balaban J connectivity index is 2.32. The average molecular weight is 334 g/mol. The van der Waals surface area contributed by atoms with E-state index in [1.54, 1.807) is 22.8 Å². The minimum absolute atomic E-state index is 0.221. The van der Waals surface area contributed by atoms with Crippen LogP contribution in [0.1, 0.15) is 38.1 Å². The zero-order chi connectivity index (χ0) is 15.8. The van der Waals surface area contributed by atoms with Crippen molar-refractivity contribution in [2.24, 2.45) is 5.41 Å². The summed E-state index contributed by atoms with van der Waals surface area (Å²) < 4.78 is 29.1. The lowest BCUT2D eigenvalue weighted by molar-refractivity contribution is 0.195. The fourth-order valence-electron chi connectivity index (χ4n) is 2.81. The number of hydrogen-bond acceptors (Lipinski definition) is 3. The van der Waals surface area contributed by atoms with Gasteiger partial charge in [-0.3, -0.25) is 4.68 Å². The minimum Gasteiger partial charge on any atom is -0.267 e. The standard InChI is InChI=1S/C14H24ClN3O2S/c1-11-13(12(2)18(16-11)10-7-15)21(19,20)17-8-5-14(3,4)6-9-17/h5-10H2,1-4H3. The van der Waals surface area contributed by atoms with Gasteiger partial charge in [0.25, 0.3) is 0 Å². The second-order valence-corrected chi connectivity index (χ2v) is 8.73. The van der Waals surface area contributed by atoms with Gasteiger partial charge < -0.3 is 0 Å². The lowest BCUT2D eigenvalue weighted by Crippen LogP contribution is -2.41. The van der Waals surface area contributed by atoms with Crippen LogP contribution in [0.25, 0.3) is 0 Å². The fraction of sp³-hybridized carbons (Fsp3) is 0.786. The van der Waals surface area contributed by atoms with E-state index in [0.717, 1.165) is 12.8 Å². The van der Waals surface area contributed by atoms with Gasteiger partial charge in [0.05, 0.1) is 17.9 Å². The van der Waals surface area contributed by atoms with Gasteiger partial charge in [0, 0.05) is 19.0 Å². The molecule has 7 heteroatoms. The van der Waals surface area contributed by atoms with Crippen molar-refractivity contribution in [3.05, 3.63) is 11.4 Å². The highest BCUT2D eigenvalue weighted by molar-refractivity contribution is 7.89. The maximum absolute atomic E-state index is 12.9. The molecule has 0 radical (unpaired) electrons. The Bertz CT molecular complexity index is 612. The van der Waals surface area contributed by atoms with Crippen molar-refractivity contribution >= 4 is 21.6 Å². The van der Waals surface area contributed by atoms with Crippen molar-refractivity contribution in [2.75, 3.05) is 19.0 Å². The molecule has 2 heterocycles. The molecule has 1 aromatic rings. The Hall–Kier alpha value is -0.590. The van der Waals surface area contributed by atoms with Crippen molar-refractivity contribution < 1.29 is 8.42 Å². The number of piperidine rings is 1. The third-order valence-electron chi connectivity index (χ3n) is 4.29. The number of aryl methyl sites for hydroxylation is 2. The zero-order valence-corrected chi connectivity index (χ0v) is 14.8. The first-order valence-corrected chi connectivity index (χ1v) is 9.26. The van der Waals surface area contributed by atoms with Crippen LogP contribution in [0.5, 0.6) is 0 Å². The van der Waals surface area contributed by atoms with Gasteiger partial charge in [0.2, 0.25) is 10.0 Å². The number of aromatic nitrogens is 2. The van der Waals surface area contributed by atoms with Crippen LogP contribution < -0.4 is 0 Å². The minimum atomic E-state index is -3.46. The third-order valence-corrected chi connectivity index (χ3v) is 6.61. The molecule has 21 heavy (non-hydrogen) atoms. The molecular weight excluding hydrogens is 310 g/mol. The van der Waals surface area contributed by atoms with Gasteiger partial charge in [0.1, 0.15) is 4.90 Å². The van der Waals surface area contributed by atoms with E-state index < -0.39 is 10.0 Å². The Morgan fingerprint density at radius 1 is 1.24 bits per heavy atom. The molecule has 0 saturated carbocycles. The molecule has 2 rings (SSSR count). The van der Waals surface area contributed by atoms with E-state index in [9.17, 15) is 8.42 Å². The SMILES string of the molecule is Cc1nn(CCCl)c(C)c1S(=O)(=O)N1CCC(C)(C)CC1. The molecule has 1 aliphatic heterocycles. The van der Waals surface area contributed by atoms with Gasteiger partial charge >= 0.3 is 0 Å². The summed E-state index contributed by atoms with van der Waals surface area (Å²) in [5.74, 6) is 0.416. The van der Waals surface area contributed by atoms with E-state index >= 15 is 0 Å². The quantitative estimate of drug-likeness (QED) is 0.796. The number of alkyl halides is 1. The smallest absolute Gasteiger partial charge is 0.246 e. The predicted molar refractivity (Wildman–Crippen MR) is 84.2 cm³/mol. The molecule has 0 atom stereocenters. The van der Waals surface area contributed by atoms with E-state index in [2.05, 4.69) is 18.9 Å². The Kier molecular flexibility index (Phi) is 4.71. The van der Waals surface area contributed by atoms with Gasteiger partial charge in [-0.2, -0.15) is 9.40 Å². The van der Waals surface area contributed by atoms with E-state index in [-0.39, 0.29) is 5.41 Å². The van der Waals surface area contributed by atoms with Crippen LogP contribution in [0.2, 0.25) is 0 Å². The van der Waals surface area contributed by atoms with Gasteiger partial charge in [-0.05, 0) is 32.1 Å². The molecule has 0 amide bonds. The maximum Gasteiger partial charge on any atom is 0.246 e. The molecule has 120 valence electrons. The van der Waals surface area contributed by atoms with Crippen LogP contribution in [-0.4, -0.2) is 41.5 Å². The van der Waals surface area contributed by atoms with E-state index in [1.807, 2.05) is 0 Å². The molecule has 1 saturated heterocycles. The molecule has 1 fully saturated rings. The Morgan fingerprint density at radius 3 is 2.33 bits per heavy atom. The highest BCUT2D eigenvalue weighted by Gasteiger charge is 2.35. The first-order valence-electron chi connectivity index (χ1n) is 7.29. The number of halogens is 1. The second kappa shape index (κ2) is 5.89. The molecule has 5 nitrogen and oxygen atoms in total. The summed E-state index contributed by atoms with van der Waals surface area (Å²) in [7, 11) is -3.46. The van der Waals surface area contributed by atoms with Crippen LogP contribution in [0, 0.1) is 19.3 Å². The zero-order valence-electron chi connectivity index (χ0n) is 13.2. The van der Waals surface area contributed by atoms with Crippen molar-refractivity contribution in [1.29, 1.82) is 0 Å². The summed E-state index contributed by atoms with van der Waals surface area (Å²) in [6.45, 7) is 9.60. The molecular formula is C14H24ClN3O2S. The highest BCUT2D eigenvalue weighted by Crippen LogP contribution is 2.33. The lowest BCUT2D eigenvalue weighted by Gasteiger charge is -2.36. The highest BCUT2D eigenvalue weighted by atomic mass is 35.5. The van der Waals surface area contributed by atoms with E-state index in [1.165, 1.54) is 0 Å². The summed E-state index contributed by atoms with van der Waals surface area (Å²) in [5.41, 5.74) is 1.46. The summed E-state index contributed by atoms with van der Waals surface area (Å²) in [6.07, 6.45) is 1.78. The molecule has 0 N–H and O–H groups in total. The van der Waals surface area contributed by atoms with Crippen molar-refractivity contribution in [3.63, 3.8) is 0 Å². The Labute approximate surface area is 132 Å². The van der Waals surface area contributed by atoms with Gasteiger partial charge in [-0.15, -0.1) is 11.6 Å². The second-order valence-electron chi connectivity index (χ2n) is 6.48. The molecule has 0 aliphatic carbocycles. The van der Waals surface area contributed by atoms with Gasteiger partial charge in [-0.1, -0.05) is 13.8 Å². The van der Waals surface area contributed by atoms with Crippen LogP contribution in [0.4, 0.5) is 0 Å². The van der Waals surface area contributed by atoms with Crippen LogP contribution >= 0.6 is 11.6 Å². The lowest BCUT2D eigenvalue weighted by atomic mass is 9.83. The van der Waals surface area contributed by atoms with Gasteiger partial charge in [-0.25, -0.2) is 8.42 Å². The number of rotatable bonds is 4. The summed E-state index contributed by atoms with van der Waals surface area (Å²) in [4.78, 5) is 0.354. The maximum atomic E-state index is 12.9.